The van der Waals surface area contributed by atoms with Crippen LogP contribution in [0.5, 0.6) is 0 Å². The zero-order valence-corrected chi connectivity index (χ0v) is 64.3. The van der Waals surface area contributed by atoms with Crippen LogP contribution in [0.3, 0.4) is 0 Å². The van der Waals surface area contributed by atoms with E-state index in [-0.39, 0.29) is 25.7 Å². The lowest BCUT2D eigenvalue weighted by Gasteiger charge is -2.21. The summed E-state index contributed by atoms with van der Waals surface area (Å²) in [4.78, 5) is 72.5. The molecule has 0 saturated heterocycles. The number of aliphatic hydroxyl groups is 1. The fourth-order valence-corrected chi connectivity index (χ4v) is 13.5. The van der Waals surface area contributed by atoms with Crippen LogP contribution in [0, 0.1) is 5.92 Å². The second-order valence-electron chi connectivity index (χ2n) is 28.2. The van der Waals surface area contributed by atoms with Gasteiger partial charge in [-0.25, -0.2) is 9.13 Å². The summed E-state index contributed by atoms with van der Waals surface area (Å²) in [5.41, 5.74) is 0. The van der Waals surface area contributed by atoms with Crippen molar-refractivity contribution in [2.75, 3.05) is 39.6 Å². The highest BCUT2D eigenvalue weighted by molar-refractivity contribution is 7.47. The summed E-state index contributed by atoms with van der Waals surface area (Å²) in [5, 5.41) is 10.6. The van der Waals surface area contributed by atoms with Gasteiger partial charge in [-0.15, -0.1) is 0 Å². The molecule has 570 valence electrons. The van der Waals surface area contributed by atoms with Gasteiger partial charge in [0.1, 0.15) is 19.3 Å². The van der Waals surface area contributed by atoms with Gasteiger partial charge in [-0.3, -0.25) is 37.3 Å². The highest BCUT2D eigenvalue weighted by Gasteiger charge is 2.30. The van der Waals surface area contributed by atoms with Crippen molar-refractivity contribution in [1.29, 1.82) is 0 Å². The van der Waals surface area contributed by atoms with Gasteiger partial charge in [-0.05, 0) is 31.6 Å². The van der Waals surface area contributed by atoms with Crippen molar-refractivity contribution >= 4 is 39.5 Å². The van der Waals surface area contributed by atoms with Crippen LogP contribution in [-0.2, 0) is 65.4 Å². The Hall–Kier alpha value is -1.94. The molecule has 0 heterocycles. The minimum atomic E-state index is -4.96. The molecule has 96 heavy (non-hydrogen) atoms. The quantitative estimate of drug-likeness (QED) is 0.0222. The van der Waals surface area contributed by atoms with E-state index >= 15 is 0 Å². The molecule has 0 aliphatic heterocycles. The first-order valence-corrected chi connectivity index (χ1v) is 43.1. The monoisotopic (exact) mass is 1410 g/mol. The zero-order valence-electron chi connectivity index (χ0n) is 62.5. The second-order valence-corrected chi connectivity index (χ2v) is 31.1. The van der Waals surface area contributed by atoms with Crippen LogP contribution in [0.2, 0.25) is 0 Å². The van der Waals surface area contributed by atoms with Gasteiger partial charge in [0.05, 0.1) is 26.4 Å². The molecular formula is C77H150O17P2. The number of carbonyl (C=O) groups excluding carboxylic acids is 4. The van der Waals surface area contributed by atoms with Crippen LogP contribution in [0.1, 0.15) is 407 Å². The van der Waals surface area contributed by atoms with Crippen LogP contribution < -0.4 is 0 Å². The van der Waals surface area contributed by atoms with E-state index in [1.807, 2.05) is 0 Å². The summed E-state index contributed by atoms with van der Waals surface area (Å²) in [5.74, 6) is -1.32. The van der Waals surface area contributed by atoms with Gasteiger partial charge < -0.3 is 33.8 Å². The topological polar surface area (TPSA) is 237 Å². The number of aliphatic hydroxyl groups excluding tert-OH is 1. The fraction of sp³-hybridized carbons (Fsp3) is 0.948. The third-order valence-electron chi connectivity index (χ3n) is 18.0. The van der Waals surface area contributed by atoms with Crippen LogP contribution in [0.25, 0.3) is 0 Å². The van der Waals surface area contributed by atoms with Crippen molar-refractivity contribution in [3.05, 3.63) is 0 Å². The lowest BCUT2D eigenvalue weighted by Crippen LogP contribution is -2.30. The number of ether oxygens (including phenoxy) is 4. The van der Waals surface area contributed by atoms with Gasteiger partial charge in [0, 0.05) is 25.7 Å². The first-order valence-electron chi connectivity index (χ1n) is 40.1. The predicted octanol–water partition coefficient (Wildman–Crippen LogP) is 22.9. The van der Waals surface area contributed by atoms with E-state index in [0.717, 1.165) is 102 Å². The Morgan fingerprint density at radius 1 is 0.281 bits per heavy atom. The SMILES string of the molecule is CCCCCCCCCCCCCCCCCCCCCCCC(=O)O[C@H](COC(=O)CCCCCCCCCCCCCCCCCC(C)C)COP(=O)(O)OC[C@@H](O)COP(=O)(O)OC[C@@H](COC(=O)CCCCCCC)OC(=O)CCCCCCCCCCCCCC. The minimum Gasteiger partial charge on any atom is -0.462 e. The molecule has 0 amide bonds. The van der Waals surface area contributed by atoms with Crippen LogP contribution in [0.4, 0.5) is 0 Å². The van der Waals surface area contributed by atoms with E-state index in [2.05, 4.69) is 34.6 Å². The number of unbranched alkanes of at least 4 members (excludes halogenated alkanes) is 49. The third kappa shape index (κ3) is 70.5. The Morgan fingerprint density at radius 2 is 0.479 bits per heavy atom. The molecule has 0 fully saturated rings. The first-order chi connectivity index (χ1) is 46.5. The minimum absolute atomic E-state index is 0.107. The number of esters is 4. The van der Waals surface area contributed by atoms with E-state index in [4.69, 9.17) is 37.0 Å². The maximum absolute atomic E-state index is 13.1. The molecule has 17 nitrogen and oxygen atoms in total. The van der Waals surface area contributed by atoms with E-state index in [1.54, 1.807) is 0 Å². The van der Waals surface area contributed by atoms with Crippen LogP contribution in [0.15, 0.2) is 0 Å². The number of hydrogen-bond donors (Lipinski definition) is 3. The Morgan fingerprint density at radius 3 is 0.708 bits per heavy atom. The van der Waals surface area contributed by atoms with Crippen molar-refractivity contribution in [2.24, 2.45) is 5.92 Å². The molecule has 2 unspecified atom stereocenters. The van der Waals surface area contributed by atoms with Crippen molar-refractivity contribution in [3.8, 4) is 0 Å². The summed E-state index contributed by atoms with van der Waals surface area (Å²) in [7, 11) is -9.90. The predicted molar refractivity (Wildman–Crippen MR) is 391 cm³/mol. The molecule has 0 aliphatic carbocycles. The van der Waals surface area contributed by atoms with E-state index < -0.39 is 97.5 Å². The summed E-state index contributed by atoms with van der Waals surface area (Å²) in [6.45, 7) is 7.23. The zero-order chi connectivity index (χ0) is 70.5. The van der Waals surface area contributed by atoms with Gasteiger partial charge >= 0.3 is 39.5 Å². The summed E-state index contributed by atoms with van der Waals surface area (Å²) in [6, 6.07) is 0. The van der Waals surface area contributed by atoms with Crippen LogP contribution in [-0.4, -0.2) is 96.7 Å². The molecule has 0 rings (SSSR count). The molecular weight excluding hydrogens is 1260 g/mol. The number of carbonyl (C=O) groups is 4. The summed E-state index contributed by atoms with van der Waals surface area (Å²) >= 11 is 0. The molecule has 0 bridgehead atoms. The molecule has 0 saturated carbocycles. The average molecular weight is 1410 g/mol. The number of hydrogen-bond acceptors (Lipinski definition) is 15. The van der Waals surface area contributed by atoms with Gasteiger partial charge in [0.15, 0.2) is 12.2 Å². The molecule has 19 heteroatoms. The Kier molecular flexibility index (Phi) is 68.7. The number of phosphoric acid groups is 2. The fourth-order valence-electron chi connectivity index (χ4n) is 11.9. The molecule has 0 aromatic heterocycles. The standard InChI is InChI=1S/C77H150O17P2/c1-6-9-12-15-17-19-21-23-24-25-26-27-28-29-32-36-40-44-48-53-58-63-77(82)94-73(67-88-75(80)61-56-51-46-42-39-35-33-30-31-34-37-41-45-50-54-59-70(4)5)69-92-96(85,86)90-65-71(78)64-89-95(83,84)91-68-72(66-87-74(79)60-55-49-14-11-8-3)93-76(81)62-57-52-47-43-38-22-20-18-16-13-10-7-2/h70-73,78H,6-69H2,1-5H3,(H,83,84)(H,85,86)/t71-,72+,73+/m0/s1. The van der Waals surface area contributed by atoms with Crippen LogP contribution >= 0.6 is 15.6 Å². The van der Waals surface area contributed by atoms with Crippen molar-refractivity contribution in [3.63, 3.8) is 0 Å². The summed E-state index contributed by atoms with van der Waals surface area (Å²) < 4.78 is 68.3. The smallest absolute Gasteiger partial charge is 0.462 e. The molecule has 0 radical (unpaired) electrons. The van der Waals surface area contributed by atoms with Gasteiger partial charge in [-0.2, -0.15) is 0 Å². The maximum atomic E-state index is 13.1. The van der Waals surface area contributed by atoms with Crippen molar-refractivity contribution < 1.29 is 80.2 Å². The molecule has 5 atom stereocenters. The maximum Gasteiger partial charge on any atom is 0.472 e. The Bertz CT molecular complexity index is 1840. The van der Waals surface area contributed by atoms with E-state index in [9.17, 15) is 43.2 Å². The Labute approximate surface area is 588 Å². The average Bonchev–Trinajstić information content (AvgIpc) is 1.17. The molecule has 0 aromatic rings. The van der Waals surface area contributed by atoms with Gasteiger partial charge in [-0.1, -0.05) is 356 Å². The normalized spacial score (nSPS) is 13.9. The third-order valence-corrected chi connectivity index (χ3v) is 19.9. The van der Waals surface area contributed by atoms with Crippen molar-refractivity contribution in [2.45, 2.75) is 425 Å². The molecule has 0 aromatic carbocycles. The lowest BCUT2D eigenvalue weighted by molar-refractivity contribution is -0.161. The van der Waals surface area contributed by atoms with Crippen molar-refractivity contribution in [1.82, 2.24) is 0 Å². The lowest BCUT2D eigenvalue weighted by atomic mass is 10.0. The van der Waals surface area contributed by atoms with E-state index in [1.165, 1.54) is 225 Å². The first kappa shape index (κ1) is 94.1. The number of rotatable bonds is 77. The van der Waals surface area contributed by atoms with Gasteiger partial charge in [0.2, 0.25) is 0 Å². The molecule has 0 aliphatic rings. The molecule has 3 N–H and O–H groups in total. The highest BCUT2D eigenvalue weighted by Crippen LogP contribution is 2.45. The van der Waals surface area contributed by atoms with Gasteiger partial charge in [0.25, 0.3) is 0 Å². The highest BCUT2D eigenvalue weighted by atomic mass is 31.2. The molecule has 0 spiro atoms. The number of phosphoric ester groups is 2. The Balaban J connectivity index is 5.12. The largest absolute Gasteiger partial charge is 0.472 e. The summed E-state index contributed by atoms with van der Waals surface area (Å²) in [6.07, 6.45) is 60.2. The van der Waals surface area contributed by atoms with E-state index in [0.29, 0.717) is 25.7 Å². The second kappa shape index (κ2) is 70.1.